The summed E-state index contributed by atoms with van der Waals surface area (Å²) in [6.45, 7) is 0. The second-order valence-corrected chi connectivity index (χ2v) is 10.4. The molecule has 1 heterocycles. The molecular weight excluding hydrogens is 532 g/mol. The molecule has 0 bridgehead atoms. The maximum atomic E-state index is 9.31. The standard InChI is InChI=1S/C16H18N3O.C8H12N2O2.C8H11NO/c1-18(2)11-5-7-13-15(9-11)20-16-10-12(19(3)4)6-8-14(16)17-13;1-10(2)6-3-4-8(12-9)7(11)5-6;1-9(2)7-4-3-5-8(10)6-7/h5-10H,1-4H3;3-5,11H,9H2,1-2H3;3-6,10H,1-2H3/q+1;;. The van der Waals surface area contributed by atoms with Crippen LogP contribution in [0.5, 0.6) is 17.2 Å². The van der Waals surface area contributed by atoms with Gasteiger partial charge in [-0.25, -0.2) is 9.56 Å². The highest BCUT2D eigenvalue weighted by molar-refractivity contribution is 5.80. The first-order chi connectivity index (χ1) is 19.9. The third-order valence-corrected chi connectivity index (χ3v) is 6.31. The molecule has 1 aliphatic heterocycles. The first-order valence-corrected chi connectivity index (χ1v) is 13.3. The number of aromatic nitrogens is 1. The Morgan fingerprint density at radius 3 is 1.90 bits per heavy atom. The van der Waals surface area contributed by atoms with Gasteiger partial charge >= 0.3 is 0 Å². The topological polar surface area (TPSA) is 114 Å². The molecule has 0 radical (unpaired) electrons. The van der Waals surface area contributed by atoms with Gasteiger partial charge in [-0.15, -0.1) is 0 Å². The number of rotatable bonds is 4. The summed E-state index contributed by atoms with van der Waals surface area (Å²) in [4.78, 5) is 14.9. The van der Waals surface area contributed by atoms with E-state index in [4.69, 9.17) is 15.4 Å². The number of phenols is 2. The van der Waals surface area contributed by atoms with Gasteiger partial charge < -0.3 is 34.2 Å². The van der Waals surface area contributed by atoms with Crippen molar-refractivity contribution in [3.05, 3.63) is 84.2 Å². The first kappa shape index (κ1) is 31.6. The van der Waals surface area contributed by atoms with Crippen LogP contribution in [-0.2, 0) is 0 Å². The van der Waals surface area contributed by atoms with Gasteiger partial charge in [0.1, 0.15) is 31.1 Å². The summed E-state index contributed by atoms with van der Waals surface area (Å²) in [6, 6.07) is 24.3. The van der Waals surface area contributed by atoms with Crippen molar-refractivity contribution >= 4 is 28.2 Å². The van der Waals surface area contributed by atoms with E-state index < -0.39 is 0 Å². The van der Waals surface area contributed by atoms with Gasteiger partial charge in [-0.3, -0.25) is 0 Å². The molecule has 0 spiro atoms. The predicted molar refractivity (Wildman–Crippen MR) is 172 cm³/mol. The molecule has 1 aliphatic carbocycles. The van der Waals surface area contributed by atoms with Crippen LogP contribution < -0.4 is 35.4 Å². The van der Waals surface area contributed by atoms with Gasteiger partial charge in [0.25, 0.3) is 0 Å². The van der Waals surface area contributed by atoms with Crippen LogP contribution in [0.4, 0.5) is 17.1 Å². The molecule has 0 aromatic heterocycles. The van der Waals surface area contributed by atoms with Gasteiger partial charge in [-0.1, -0.05) is 6.07 Å². The van der Waals surface area contributed by atoms with Crippen LogP contribution >= 0.6 is 0 Å². The van der Waals surface area contributed by atoms with Crippen molar-refractivity contribution in [3.8, 4) is 28.7 Å². The van der Waals surface area contributed by atoms with E-state index in [0.29, 0.717) is 5.75 Å². The maximum Gasteiger partial charge on any atom is 0.203 e. The van der Waals surface area contributed by atoms with Crippen LogP contribution in [-0.4, -0.2) is 71.6 Å². The molecule has 10 heteroatoms. The number of benzene rings is 4. The minimum Gasteiger partial charge on any atom is -0.508 e. The zero-order valence-electron chi connectivity index (χ0n) is 25.5. The fourth-order valence-electron chi connectivity index (χ4n) is 3.81. The Hall–Kier alpha value is -4.96. The highest BCUT2D eigenvalue weighted by Gasteiger charge is 2.11. The Labute approximate surface area is 247 Å². The van der Waals surface area contributed by atoms with E-state index in [1.165, 1.54) is 0 Å². The second kappa shape index (κ2) is 14.1. The number of fused-ring (bicyclic) bond motifs is 2. The van der Waals surface area contributed by atoms with E-state index in [-0.39, 0.29) is 11.5 Å². The average Bonchev–Trinajstić information content (AvgIpc) is 2.96. The van der Waals surface area contributed by atoms with Gasteiger partial charge in [0.05, 0.1) is 6.07 Å². The number of hydrogen-bond donors (Lipinski definition) is 3. The molecule has 4 N–H and O–H groups in total. The highest BCUT2D eigenvalue weighted by Crippen LogP contribution is 2.29. The van der Waals surface area contributed by atoms with Crippen LogP contribution in [0.25, 0.3) is 22.6 Å². The molecule has 42 heavy (non-hydrogen) atoms. The average molecular weight is 574 g/mol. The lowest BCUT2D eigenvalue weighted by Crippen LogP contribution is -2.21. The number of anilines is 3. The molecule has 0 fully saturated rings. The lowest BCUT2D eigenvalue weighted by Gasteiger charge is -2.13. The Kier molecular flexibility index (Phi) is 10.6. The summed E-state index contributed by atoms with van der Waals surface area (Å²) >= 11 is 0. The van der Waals surface area contributed by atoms with Gasteiger partial charge in [0.2, 0.25) is 5.36 Å². The summed E-state index contributed by atoms with van der Waals surface area (Å²) in [6.07, 6.45) is 0. The molecule has 0 unspecified atom stereocenters. The summed E-state index contributed by atoms with van der Waals surface area (Å²) in [5.41, 5.74) is 5.57. The van der Waals surface area contributed by atoms with Gasteiger partial charge in [0, 0.05) is 83.6 Å². The van der Waals surface area contributed by atoms with Gasteiger partial charge in [-0.05, 0) is 42.5 Å². The predicted octanol–water partition coefficient (Wildman–Crippen LogP) is 4.20. The summed E-state index contributed by atoms with van der Waals surface area (Å²) in [5, 5.41) is 19.4. The van der Waals surface area contributed by atoms with E-state index >= 15 is 0 Å². The molecule has 222 valence electrons. The minimum absolute atomic E-state index is 0.0451. The number of phenolic OH excluding ortho intramolecular Hbond substituents is 2. The van der Waals surface area contributed by atoms with Crippen molar-refractivity contribution in [1.29, 1.82) is 0 Å². The fourth-order valence-corrected chi connectivity index (χ4v) is 3.81. The minimum atomic E-state index is 0.0451. The number of nitrogens with zero attached hydrogens (tertiary/aromatic N) is 5. The molecule has 5 rings (SSSR count). The molecule has 2 aliphatic rings. The molecule has 0 saturated carbocycles. The molecule has 3 aromatic carbocycles. The number of aromatic hydroxyl groups is 2. The van der Waals surface area contributed by atoms with Crippen molar-refractivity contribution in [3.63, 3.8) is 0 Å². The fraction of sp³-hybridized carbons (Fsp3) is 0.250. The maximum absolute atomic E-state index is 9.31. The van der Waals surface area contributed by atoms with E-state index in [1.807, 2.05) is 121 Å². The smallest absolute Gasteiger partial charge is 0.203 e. The van der Waals surface area contributed by atoms with E-state index in [9.17, 15) is 5.11 Å². The monoisotopic (exact) mass is 573 g/mol. The van der Waals surface area contributed by atoms with E-state index in [2.05, 4.69) is 19.3 Å². The van der Waals surface area contributed by atoms with Crippen LogP contribution in [0, 0.1) is 0 Å². The second-order valence-electron chi connectivity index (χ2n) is 10.4. The molecule has 3 aromatic rings. The zero-order chi connectivity index (χ0) is 31.0. The largest absolute Gasteiger partial charge is 0.508 e. The number of hydrogen-bond acceptors (Lipinski definition) is 9. The van der Waals surface area contributed by atoms with Crippen molar-refractivity contribution < 1.29 is 19.5 Å². The van der Waals surface area contributed by atoms with E-state index in [1.54, 1.807) is 24.3 Å². The van der Waals surface area contributed by atoms with E-state index in [0.717, 1.165) is 45.0 Å². The van der Waals surface area contributed by atoms with Crippen LogP contribution in [0.2, 0.25) is 0 Å². The summed E-state index contributed by atoms with van der Waals surface area (Å²) in [7, 11) is 15.7. The van der Waals surface area contributed by atoms with Gasteiger partial charge in [0.15, 0.2) is 22.8 Å². The Bertz CT molecular complexity index is 1660. The van der Waals surface area contributed by atoms with Crippen molar-refractivity contribution in [1.82, 2.24) is 9.56 Å². The van der Waals surface area contributed by atoms with Crippen LogP contribution in [0.1, 0.15) is 0 Å². The quantitative estimate of drug-likeness (QED) is 0.165. The number of nitrogens with two attached hydrogens (primary N) is 1. The van der Waals surface area contributed by atoms with Crippen molar-refractivity contribution in [2.24, 2.45) is 5.90 Å². The molecule has 10 nitrogen and oxygen atoms in total. The molecule has 0 atom stereocenters. The summed E-state index contributed by atoms with van der Waals surface area (Å²) < 4.78 is 8.06. The highest BCUT2D eigenvalue weighted by atomic mass is 16.6. The van der Waals surface area contributed by atoms with Crippen LogP contribution in [0.3, 0.4) is 0 Å². The molecule has 0 saturated heterocycles. The third kappa shape index (κ3) is 8.28. The Morgan fingerprint density at radius 1 is 0.738 bits per heavy atom. The van der Waals surface area contributed by atoms with Crippen molar-refractivity contribution in [2.75, 3.05) is 71.1 Å². The van der Waals surface area contributed by atoms with Crippen LogP contribution in [0.15, 0.2) is 83.3 Å². The SMILES string of the molecule is CN(C)c1ccc(ON)c(O)c1.CN(C)c1ccc2nc3ccc(=[N+](C)C)cc-3oc2c1.CN(C)c1cccc(O)c1. The third-order valence-electron chi connectivity index (χ3n) is 6.31. The lowest BCUT2D eigenvalue weighted by atomic mass is 10.2. The molecular formula is C32H41N6O4+. The lowest BCUT2D eigenvalue weighted by molar-refractivity contribution is 0.313. The Balaban J connectivity index is 0.000000188. The zero-order valence-corrected chi connectivity index (χ0v) is 25.5. The van der Waals surface area contributed by atoms with Crippen molar-refractivity contribution in [2.45, 2.75) is 0 Å². The normalized spacial score (nSPS) is 10.2. The molecule has 0 amide bonds. The summed E-state index contributed by atoms with van der Waals surface area (Å²) in [5.74, 6) is 6.34. The van der Waals surface area contributed by atoms with Gasteiger partial charge in [-0.2, -0.15) is 5.90 Å². The first-order valence-electron chi connectivity index (χ1n) is 13.3. The Morgan fingerprint density at radius 2 is 1.36 bits per heavy atom.